The second kappa shape index (κ2) is 8.05. The van der Waals surface area contributed by atoms with Crippen LogP contribution < -0.4 is 5.32 Å². The van der Waals surface area contributed by atoms with Crippen molar-refractivity contribution in [3.05, 3.63) is 65.5 Å². The summed E-state index contributed by atoms with van der Waals surface area (Å²) in [5, 5.41) is 2.87. The minimum Gasteiger partial charge on any atom is -0.326 e. The zero-order chi connectivity index (χ0) is 19.4. The van der Waals surface area contributed by atoms with Crippen molar-refractivity contribution in [1.29, 1.82) is 0 Å². The molecule has 2 aromatic rings. The Morgan fingerprint density at radius 3 is 2.37 bits per heavy atom. The summed E-state index contributed by atoms with van der Waals surface area (Å²) in [6, 6.07) is 12.7. The maximum Gasteiger partial charge on any atom is 0.254 e. The van der Waals surface area contributed by atoms with Crippen molar-refractivity contribution in [2.75, 3.05) is 11.9 Å². The first-order valence-electron chi connectivity index (χ1n) is 8.86. The molecule has 1 saturated carbocycles. The van der Waals surface area contributed by atoms with E-state index in [-0.39, 0.29) is 30.1 Å². The van der Waals surface area contributed by atoms with Crippen LogP contribution in [-0.2, 0) is 11.3 Å². The summed E-state index contributed by atoms with van der Waals surface area (Å²) in [5.74, 6) is 2.49. The highest BCUT2D eigenvalue weighted by molar-refractivity contribution is 5.97. The Labute approximate surface area is 158 Å². The largest absolute Gasteiger partial charge is 0.326 e. The van der Waals surface area contributed by atoms with E-state index in [1.807, 2.05) is 6.92 Å². The fraction of sp³-hybridized carbons (Fsp3) is 0.273. The van der Waals surface area contributed by atoms with Gasteiger partial charge in [0.2, 0.25) is 5.91 Å². The van der Waals surface area contributed by atoms with Gasteiger partial charge >= 0.3 is 0 Å². The lowest BCUT2D eigenvalue weighted by molar-refractivity contribution is -0.117. The van der Waals surface area contributed by atoms with Crippen LogP contribution in [0, 0.1) is 30.0 Å². The summed E-state index contributed by atoms with van der Waals surface area (Å²) >= 11 is 0. The molecule has 1 N–H and O–H groups in total. The molecule has 0 radical (unpaired) electrons. The molecule has 0 spiro atoms. The molecule has 27 heavy (non-hydrogen) atoms. The van der Waals surface area contributed by atoms with Crippen LogP contribution in [0.25, 0.3) is 0 Å². The van der Waals surface area contributed by atoms with E-state index >= 15 is 0 Å². The molecule has 2 aromatic carbocycles. The number of nitrogens with zero attached hydrogens (tertiary/aromatic N) is 1. The van der Waals surface area contributed by atoms with Crippen molar-refractivity contribution in [2.24, 2.45) is 11.8 Å². The number of amides is 2. The average molecular weight is 364 g/mol. The number of anilines is 1. The number of rotatable bonds is 6. The highest BCUT2D eigenvalue weighted by Crippen LogP contribution is 2.38. The van der Waals surface area contributed by atoms with Crippen LogP contribution in [-0.4, -0.2) is 23.3 Å². The first-order valence-corrected chi connectivity index (χ1v) is 8.86. The molecular formula is C22H21FN2O2. The summed E-state index contributed by atoms with van der Waals surface area (Å²) in [5.41, 5.74) is 1.94. The third-order valence-electron chi connectivity index (χ3n) is 4.70. The minimum atomic E-state index is -0.327. The van der Waals surface area contributed by atoms with Gasteiger partial charge in [-0.05, 0) is 54.3 Å². The predicted octanol–water partition coefficient (Wildman–Crippen LogP) is 3.70. The lowest BCUT2D eigenvalue weighted by atomic mass is 10.1. The molecule has 2 atom stereocenters. The van der Waals surface area contributed by atoms with Crippen LogP contribution in [0.15, 0.2) is 48.5 Å². The Morgan fingerprint density at radius 1 is 1.19 bits per heavy atom. The van der Waals surface area contributed by atoms with Crippen molar-refractivity contribution >= 4 is 17.5 Å². The van der Waals surface area contributed by atoms with Crippen molar-refractivity contribution in [3.63, 3.8) is 0 Å². The van der Waals surface area contributed by atoms with Crippen LogP contribution in [0.5, 0.6) is 0 Å². The number of terminal acetylenes is 1. The molecule has 0 aromatic heterocycles. The molecule has 0 heterocycles. The highest BCUT2D eigenvalue weighted by atomic mass is 19.1. The summed E-state index contributed by atoms with van der Waals surface area (Å²) < 4.78 is 13.1. The van der Waals surface area contributed by atoms with Gasteiger partial charge in [0.25, 0.3) is 5.91 Å². The quantitative estimate of drug-likeness (QED) is 0.795. The molecule has 4 nitrogen and oxygen atoms in total. The zero-order valence-corrected chi connectivity index (χ0v) is 15.1. The van der Waals surface area contributed by atoms with E-state index in [2.05, 4.69) is 11.2 Å². The van der Waals surface area contributed by atoms with Crippen LogP contribution >= 0.6 is 0 Å². The van der Waals surface area contributed by atoms with Crippen molar-refractivity contribution in [2.45, 2.75) is 19.9 Å². The van der Waals surface area contributed by atoms with E-state index in [1.54, 1.807) is 36.4 Å². The Hall–Kier alpha value is -3.13. The van der Waals surface area contributed by atoms with E-state index in [9.17, 15) is 14.0 Å². The van der Waals surface area contributed by atoms with Crippen molar-refractivity contribution in [3.8, 4) is 12.3 Å². The summed E-state index contributed by atoms with van der Waals surface area (Å²) in [7, 11) is 0. The van der Waals surface area contributed by atoms with Gasteiger partial charge in [0.15, 0.2) is 0 Å². The number of carbonyl (C=O) groups excluding carboxylic acids is 2. The van der Waals surface area contributed by atoms with E-state index < -0.39 is 0 Å². The molecular weight excluding hydrogens is 343 g/mol. The monoisotopic (exact) mass is 364 g/mol. The topological polar surface area (TPSA) is 49.4 Å². The molecule has 1 fully saturated rings. The highest BCUT2D eigenvalue weighted by Gasteiger charge is 2.39. The lowest BCUT2D eigenvalue weighted by Crippen LogP contribution is -2.31. The number of nitrogens with one attached hydrogen (secondary N) is 1. The zero-order valence-electron chi connectivity index (χ0n) is 15.1. The second-order valence-corrected chi connectivity index (χ2v) is 6.88. The van der Waals surface area contributed by atoms with Gasteiger partial charge in [0, 0.05) is 23.7 Å². The second-order valence-electron chi connectivity index (χ2n) is 6.88. The van der Waals surface area contributed by atoms with Crippen LogP contribution in [0.3, 0.4) is 0 Å². The van der Waals surface area contributed by atoms with Crippen LogP contribution in [0.4, 0.5) is 10.1 Å². The predicted molar refractivity (Wildman–Crippen MR) is 102 cm³/mol. The fourth-order valence-electron chi connectivity index (χ4n) is 2.92. The molecule has 2 unspecified atom stereocenters. The van der Waals surface area contributed by atoms with Gasteiger partial charge in [0.05, 0.1) is 6.54 Å². The average Bonchev–Trinajstić information content (AvgIpc) is 3.40. The maximum absolute atomic E-state index is 13.1. The molecule has 2 amide bonds. The van der Waals surface area contributed by atoms with Gasteiger partial charge < -0.3 is 10.2 Å². The SMILES string of the molecule is C#CCN(Cc1ccc(F)cc1)C(=O)c1ccc(NC(=O)C2CC2C)cc1. The molecule has 0 aliphatic heterocycles. The van der Waals surface area contributed by atoms with Gasteiger partial charge in [-0.2, -0.15) is 0 Å². The molecule has 1 aliphatic carbocycles. The Morgan fingerprint density at radius 2 is 1.81 bits per heavy atom. The number of halogens is 1. The first-order chi connectivity index (χ1) is 13.0. The van der Waals surface area contributed by atoms with E-state index in [0.717, 1.165) is 12.0 Å². The third-order valence-corrected chi connectivity index (χ3v) is 4.70. The molecule has 0 saturated heterocycles. The first kappa shape index (κ1) is 18.7. The Balaban J connectivity index is 1.67. The number of hydrogen-bond acceptors (Lipinski definition) is 2. The van der Waals surface area contributed by atoms with Gasteiger partial charge in [-0.15, -0.1) is 6.42 Å². The van der Waals surface area contributed by atoms with Crippen molar-refractivity contribution in [1.82, 2.24) is 4.90 Å². The number of benzene rings is 2. The van der Waals surface area contributed by atoms with E-state index in [0.29, 0.717) is 23.7 Å². The summed E-state index contributed by atoms with van der Waals surface area (Å²) in [6.07, 6.45) is 6.32. The summed E-state index contributed by atoms with van der Waals surface area (Å²) in [4.78, 5) is 26.3. The molecule has 3 rings (SSSR count). The van der Waals surface area contributed by atoms with Gasteiger partial charge in [-0.1, -0.05) is 25.0 Å². The van der Waals surface area contributed by atoms with E-state index in [1.165, 1.54) is 17.0 Å². The molecule has 0 bridgehead atoms. The van der Waals surface area contributed by atoms with Crippen LogP contribution in [0.1, 0.15) is 29.3 Å². The fourth-order valence-corrected chi connectivity index (χ4v) is 2.92. The van der Waals surface area contributed by atoms with Crippen LogP contribution in [0.2, 0.25) is 0 Å². The minimum absolute atomic E-state index is 0.0202. The number of carbonyl (C=O) groups is 2. The molecule has 1 aliphatic rings. The van der Waals surface area contributed by atoms with Gasteiger partial charge in [-0.3, -0.25) is 9.59 Å². The molecule has 5 heteroatoms. The Bertz CT molecular complexity index is 869. The Kier molecular flexibility index (Phi) is 5.56. The van der Waals surface area contributed by atoms with Crippen molar-refractivity contribution < 1.29 is 14.0 Å². The van der Waals surface area contributed by atoms with E-state index in [4.69, 9.17) is 6.42 Å². The van der Waals surface area contributed by atoms with Gasteiger partial charge in [0.1, 0.15) is 5.82 Å². The smallest absolute Gasteiger partial charge is 0.254 e. The van der Waals surface area contributed by atoms with Gasteiger partial charge in [-0.25, -0.2) is 4.39 Å². The normalized spacial score (nSPS) is 17.7. The molecule has 138 valence electrons. The summed E-state index contributed by atoms with van der Waals surface area (Å²) in [6.45, 7) is 2.49. The lowest BCUT2D eigenvalue weighted by Gasteiger charge is -2.20. The maximum atomic E-state index is 13.1. The standard InChI is InChI=1S/C22H21FN2O2/c1-3-12-25(14-16-4-8-18(23)9-5-16)22(27)17-6-10-19(11-7-17)24-21(26)20-13-15(20)2/h1,4-11,15,20H,12-14H2,2H3,(H,24,26). The number of hydrogen-bond donors (Lipinski definition) is 1. The third kappa shape index (κ3) is 4.73.